The molecule has 2 aromatic rings. The number of halogens is 2. The number of nitrogens with one attached hydrogen (secondary N) is 2. The monoisotopic (exact) mass is 541 g/mol. The number of pyridine rings is 1. The molecule has 0 aliphatic carbocycles. The molecule has 0 aromatic carbocycles. The normalized spacial score (nSPS) is 16.9. The zero-order valence-corrected chi connectivity index (χ0v) is 23.3. The Hall–Kier alpha value is -3.42. The van der Waals surface area contributed by atoms with Crippen LogP contribution < -0.4 is 15.1 Å². The Labute approximate surface area is 231 Å². The number of hydrazone groups is 1. The molecule has 2 aliphatic heterocycles. The van der Waals surface area contributed by atoms with E-state index in [9.17, 15) is 0 Å². The van der Waals surface area contributed by atoms with E-state index >= 15 is 8.78 Å². The minimum absolute atomic E-state index is 0.0916. The van der Waals surface area contributed by atoms with Crippen LogP contribution in [0.4, 0.5) is 20.3 Å². The van der Waals surface area contributed by atoms with Crippen molar-refractivity contribution in [3.63, 3.8) is 0 Å². The largest absolute Gasteiger partial charge is 0.474 e. The third-order valence-electron chi connectivity index (χ3n) is 6.99. The lowest BCUT2D eigenvalue weighted by molar-refractivity contribution is 0.131. The van der Waals surface area contributed by atoms with Crippen molar-refractivity contribution in [2.45, 2.75) is 39.5 Å². The van der Waals surface area contributed by atoms with E-state index in [1.807, 2.05) is 19.2 Å². The molecule has 0 unspecified atom stereocenters. The highest BCUT2D eigenvalue weighted by Gasteiger charge is 2.27. The standard InChI is InChI=1S/C27H39F2N7O.C2H2/c1-4-5-9-22-20(2)30-18-21(22)19-31-33-26-23(28)25(36-10-7-6-8-11-36)24(29)27(32-26)37-17-16-35-14-12-34(3)13-15-35;1-2/h5,9,18-19,30H,4,6-8,10-17H2,1-3H3,(H,32,33);1-2H/b9-5-,31-19+;. The van der Waals surface area contributed by atoms with Gasteiger partial charge in [-0.1, -0.05) is 19.1 Å². The Kier molecular flexibility index (Phi) is 11.8. The van der Waals surface area contributed by atoms with Crippen molar-refractivity contribution in [3.8, 4) is 18.7 Å². The number of anilines is 2. The van der Waals surface area contributed by atoms with Gasteiger partial charge in [0.25, 0.3) is 5.88 Å². The van der Waals surface area contributed by atoms with Crippen LogP contribution in [-0.4, -0.2) is 85.5 Å². The molecule has 4 heterocycles. The average molecular weight is 542 g/mol. The lowest BCUT2D eigenvalue weighted by atomic mass is 10.1. The second-order valence-electron chi connectivity index (χ2n) is 9.75. The molecule has 10 heteroatoms. The van der Waals surface area contributed by atoms with Gasteiger partial charge < -0.3 is 19.5 Å². The summed E-state index contributed by atoms with van der Waals surface area (Å²) in [6, 6.07) is 0. The van der Waals surface area contributed by atoms with E-state index in [-0.39, 0.29) is 24.0 Å². The molecule has 212 valence electrons. The number of allylic oxidation sites excluding steroid dienone is 1. The fraction of sp³-hybridized carbons (Fsp3) is 0.517. The number of hydrogen-bond acceptors (Lipinski definition) is 7. The van der Waals surface area contributed by atoms with Crippen LogP contribution in [0.5, 0.6) is 5.88 Å². The number of piperidine rings is 1. The topological polar surface area (TPSA) is 72.0 Å². The van der Waals surface area contributed by atoms with Gasteiger partial charge in [0.05, 0.1) is 6.21 Å². The molecule has 0 spiro atoms. The predicted octanol–water partition coefficient (Wildman–Crippen LogP) is 4.73. The van der Waals surface area contributed by atoms with E-state index in [0.717, 1.165) is 68.7 Å². The van der Waals surface area contributed by atoms with E-state index in [1.54, 1.807) is 11.1 Å². The molecule has 2 fully saturated rings. The number of aromatic amines is 1. The zero-order chi connectivity index (χ0) is 28.2. The fourth-order valence-corrected chi connectivity index (χ4v) is 4.70. The zero-order valence-electron chi connectivity index (χ0n) is 23.3. The minimum atomic E-state index is -0.751. The maximum Gasteiger partial charge on any atom is 0.254 e. The molecule has 0 saturated carbocycles. The van der Waals surface area contributed by atoms with Crippen LogP contribution in [-0.2, 0) is 0 Å². The number of piperazine rings is 1. The molecule has 2 saturated heterocycles. The Morgan fingerprint density at radius 1 is 1.10 bits per heavy atom. The summed E-state index contributed by atoms with van der Waals surface area (Å²) in [7, 11) is 2.10. The van der Waals surface area contributed by atoms with Crippen molar-refractivity contribution in [2.24, 2.45) is 5.10 Å². The SMILES string of the molecule is C#C.CC/C=C\c1c(/C=N/Nc2nc(OCCN3CCN(C)CC3)c(F)c(N3CCCCC3)c2F)c[nH]c1C. The third-order valence-corrected chi connectivity index (χ3v) is 6.99. The summed E-state index contributed by atoms with van der Waals surface area (Å²) in [5, 5.41) is 4.23. The van der Waals surface area contributed by atoms with E-state index in [1.165, 1.54) is 0 Å². The number of terminal acetylenes is 1. The number of aromatic nitrogens is 2. The van der Waals surface area contributed by atoms with Crippen molar-refractivity contribution < 1.29 is 13.5 Å². The van der Waals surface area contributed by atoms with Crippen LogP contribution in [0.15, 0.2) is 17.4 Å². The predicted molar refractivity (Wildman–Crippen MR) is 156 cm³/mol. The van der Waals surface area contributed by atoms with Crippen LogP contribution in [0.25, 0.3) is 6.08 Å². The second kappa shape index (κ2) is 15.2. The van der Waals surface area contributed by atoms with Gasteiger partial charge in [-0.05, 0) is 39.7 Å². The van der Waals surface area contributed by atoms with Crippen LogP contribution in [0.2, 0.25) is 0 Å². The highest BCUT2D eigenvalue weighted by atomic mass is 19.1. The number of nitrogens with zero attached hydrogens (tertiary/aromatic N) is 5. The smallest absolute Gasteiger partial charge is 0.254 e. The molecule has 0 radical (unpaired) electrons. The maximum atomic E-state index is 15.6. The summed E-state index contributed by atoms with van der Waals surface area (Å²) in [5.74, 6) is -1.84. The van der Waals surface area contributed by atoms with Crippen molar-refractivity contribution in [1.29, 1.82) is 0 Å². The molecule has 0 bridgehead atoms. The molecule has 39 heavy (non-hydrogen) atoms. The molecule has 2 N–H and O–H groups in total. The van der Waals surface area contributed by atoms with Gasteiger partial charge in [0.15, 0.2) is 11.6 Å². The average Bonchev–Trinajstić information content (AvgIpc) is 3.31. The van der Waals surface area contributed by atoms with Crippen molar-refractivity contribution >= 4 is 23.8 Å². The van der Waals surface area contributed by atoms with Crippen LogP contribution in [0, 0.1) is 31.4 Å². The van der Waals surface area contributed by atoms with Crippen molar-refractivity contribution in [3.05, 3.63) is 40.7 Å². The quantitative estimate of drug-likeness (QED) is 0.257. The summed E-state index contributed by atoms with van der Waals surface area (Å²) in [6.07, 6.45) is 19.3. The fourth-order valence-electron chi connectivity index (χ4n) is 4.70. The van der Waals surface area contributed by atoms with Crippen LogP contribution in [0.1, 0.15) is 49.4 Å². The number of likely N-dealkylation sites (N-methyl/N-ethyl adjacent to an activating group) is 1. The van der Waals surface area contributed by atoms with E-state index < -0.39 is 11.6 Å². The maximum absolute atomic E-state index is 15.6. The van der Waals surface area contributed by atoms with Gasteiger partial charge in [0, 0.05) is 68.8 Å². The number of aryl methyl sites for hydroxylation is 1. The first-order valence-electron chi connectivity index (χ1n) is 13.6. The lowest BCUT2D eigenvalue weighted by Gasteiger charge is -2.32. The number of ether oxygens (including phenoxy) is 1. The Morgan fingerprint density at radius 2 is 1.82 bits per heavy atom. The van der Waals surface area contributed by atoms with Gasteiger partial charge in [0.2, 0.25) is 5.82 Å². The summed E-state index contributed by atoms with van der Waals surface area (Å²) in [6.45, 7) is 10.0. The molecule has 0 atom stereocenters. The van der Waals surface area contributed by atoms with Gasteiger partial charge in [-0.2, -0.15) is 14.5 Å². The first kappa shape index (κ1) is 30.1. The summed E-state index contributed by atoms with van der Waals surface area (Å²) in [5.41, 5.74) is 5.50. The van der Waals surface area contributed by atoms with Crippen molar-refractivity contribution in [2.75, 3.05) is 69.8 Å². The van der Waals surface area contributed by atoms with Crippen LogP contribution >= 0.6 is 0 Å². The molecule has 0 amide bonds. The molecule has 4 rings (SSSR count). The Morgan fingerprint density at radius 3 is 2.51 bits per heavy atom. The number of hydrogen-bond donors (Lipinski definition) is 2. The summed E-state index contributed by atoms with van der Waals surface area (Å²) < 4.78 is 36.8. The Balaban J connectivity index is 0.00000205. The molecule has 2 aromatic heterocycles. The van der Waals surface area contributed by atoms with Crippen molar-refractivity contribution in [1.82, 2.24) is 19.8 Å². The van der Waals surface area contributed by atoms with E-state index in [0.29, 0.717) is 19.6 Å². The summed E-state index contributed by atoms with van der Waals surface area (Å²) in [4.78, 5) is 13.6. The van der Waals surface area contributed by atoms with Gasteiger partial charge in [0.1, 0.15) is 12.3 Å². The van der Waals surface area contributed by atoms with E-state index in [4.69, 9.17) is 4.74 Å². The minimum Gasteiger partial charge on any atom is -0.474 e. The second-order valence-corrected chi connectivity index (χ2v) is 9.75. The number of H-pyrrole nitrogens is 1. The van der Waals surface area contributed by atoms with Gasteiger partial charge in [-0.25, -0.2) is 4.39 Å². The first-order chi connectivity index (χ1) is 19.0. The number of rotatable bonds is 10. The first-order valence-corrected chi connectivity index (χ1v) is 13.6. The van der Waals surface area contributed by atoms with Crippen LogP contribution in [0.3, 0.4) is 0 Å². The summed E-state index contributed by atoms with van der Waals surface area (Å²) >= 11 is 0. The van der Waals surface area contributed by atoms with Gasteiger partial charge in [-0.3, -0.25) is 10.3 Å². The van der Waals surface area contributed by atoms with Gasteiger partial charge >= 0.3 is 0 Å². The highest BCUT2D eigenvalue weighted by Crippen LogP contribution is 2.35. The molecular formula is C29H41F2N7O. The lowest BCUT2D eigenvalue weighted by Crippen LogP contribution is -2.45. The third kappa shape index (κ3) is 8.04. The van der Waals surface area contributed by atoms with E-state index in [2.05, 4.69) is 63.2 Å². The highest BCUT2D eigenvalue weighted by molar-refractivity contribution is 5.86. The van der Waals surface area contributed by atoms with Gasteiger partial charge in [-0.15, -0.1) is 12.8 Å². The molecule has 8 nitrogen and oxygen atoms in total. The molecule has 2 aliphatic rings. The Bertz CT molecular complexity index is 1130. The molecular weight excluding hydrogens is 500 g/mol.